The molecule has 2 heterocycles. The van der Waals surface area contributed by atoms with Crippen LogP contribution in [0.25, 0.3) is 10.2 Å². The van der Waals surface area contributed by atoms with Crippen molar-refractivity contribution in [3.8, 4) is 5.75 Å². The van der Waals surface area contributed by atoms with Crippen LogP contribution < -0.4 is 22.1 Å². The van der Waals surface area contributed by atoms with Crippen LogP contribution >= 0.6 is 11.3 Å². The van der Waals surface area contributed by atoms with Crippen molar-refractivity contribution < 1.29 is 19.5 Å². The second-order valence-corrected chi connectivity index (χ2v) is 10.8. The first kappa shape index (κ1) is 29.1. The smallest absolute Gasteiger partial charge is 0.244 e. The molecule has 1 aliphatic rings. The summed E-state index contributed by atoms with van der Waals surface area (Å²) in [4.78, 5) is 50.6. The fourth-order valence-corrected chi connectivity index (χ4v) is 6.00. The number of phenolic OH excluding ortho intramolecular Hbond substituents is 1. The summed E-state index contributed by atoms with van der Waals surface area (Å²) in [6.45, 7) is 0.864. The highest BCUT2D eigenvalue weighted by Gasteiger charge is 2.40. The summed E-state index contributed by atoms with van der Waals surface area (Å²) in [5.41, 5.74) is 12.5. The van der Waals surface area contributed by atoms with Crippen molar-refractivity contribution in [1.82, 2.24) is 20.5 Å². The second-order valence-electron chi connectivity index (χ2n) is 9.78. The molecule has 11 nitrogen and oxygen atoms in total. The van der Waals surface area contributed by atoms with E-state index in [1.165, 1.54) is 17.4 Å². The van der Waals surface area contributed by atoms with Crippen LogP contribution in [0.2, 0.25) is 0 Å². The molecular weight excluding hydrogens is 530 g/mol. The molecule has 1 fully saturated rings. The highest BCUT2D eigenvalue weighted by molar-refractivity contribution is 7.20. The van der Waals surface area contributed by atoms with Gasteiger partial charge < -0.3 is 21.9 Å². The molecule has 12 heteroatoms. The number of phenols is 1. The number of carbonyl (C=O) groups excluding carboxylic acids is 3. The van der Waals surface area contributed by atoms with E-state index in [-0.39, 0.29) is 17.5 Å². The van der Waals surface area contributed by atoms with E-state index < -0.39 is 29.9 Å². The molecular formula is C28H35N7O4S. The van der Waals surface area contributed by atoms with Gasteiger partial charge in [0.1, 0.15) is 5.75 Å². The van der Waals surface area contributed by atoms with E-state index in [0.29, 0.717) is 60.4 Å². The van der Waals surface area contributed by atoms with Crippen molar-refractivity contribution >= 4 is 45.1 Å². The number of imide groups is 1. The van der Waals surface area contributed by atoms with Gasteiger partial charge in [-0.15, -0.1) is 11.3 Å². The van der Waals surface area contributed by atoms with E-state index in [1.807, 2.05) is 35.2 Å². The van der Waals surface area contributed by atoms with Gasteiger partial charge in [-0.3, -0.25) is 29.6 Å². The molecule has 0 bridgehead atoms. The first-order valence-corrected chi connectivity index (χ1v) is 14.1. The number of nitrogens with one attached hydrogen (secondary N) is 2. The number of aromatic hydroxyl groups is 1. The molecule has 1 saturated heterocycles. The Kier molecular flexibility index (Phi) is 9.80. The minimum atomic E-state index is -0.652. The summed E-state index contributed by atoms with van der Waals surface area (Å²) < 4.78 is 0.695. The molecule has 3 atom stereocenters. The zero-order chi connectivity index (χ0) is 28.6. The minimum Gasteiger partial charge on any atom is -0.508 e. The Morgan fingerprint density at radius 1 is 1.20 bits per heavy atom. The number of guanidine groups is 1. The molecule has 4 rings (SSSR count). The molecule has 0 aliphatic carbocycles. The second kappa shape index (κ2) is 13.5. The van der Waals surface area contributed by atoms with Gasteiger partial charge in [0, 0.05) is 6.54 Å². The number of nitrogens with two attached hydrogens (primary N) is 2. The number of carbonyl (C=O) groups is 3. The molecule has 3 aromatic rings. The van der Waals surface area contributed by atoms with Gasteiger partial charge in [0.05, 0.1) is 28.3 Å². The monoisotopic (exact) mass is 565 g/mol. The van der Waals surface area contributed by atoms with Crippen molar-refractivity contribution in [3.63, 3.8) is 0 Å². The summed E-state index contributed by atoms with van der Waals surface area (Å²) in [7, 11) is 1.68. The molecule has 7 N–H and O–H groups in total. The number of amides is 2. The number of likely N-dealkylation sites (tertiary alicyclic amines) is 1. The molecule has 2 aromatic carbocycles. The SMILES string of the molecule is CN[C@H](Cc1ccccc1)C(=O)NC(=O)[C@@H]1CCCN1[C@@H](CCCN=C(N)N)C(=O)c1nc2ccc(O)cc2s1. The highest BCUT2D eigenvalue weighted by atomic mass is 32.1. The third-order valence-corrected chi connectivity index (χ3v) is 8.04. The standard InChI is InChI=1S/C28H35N7O4S/c1-31-20(15-17-7-3-2-4-8-17)25(38)34-26(39)22-10-6-14-35(22)21(9-5-13-32-28(29)30)24(37)27-33-19-12-11-18(36)16-23(19)40-27/h2-4,7-8,11-12,16,20-22,31,36H,5-6,9-10,13-15H2,1H3,(H4,29,30,32)(H,34,38,39)/t20-,21+,22+/m1/s1. The maximum Gasteiger partial charge on any atom is 0.244 e. The molecule has 0 unspecified atom stereocenters. The number of likely N-dealkylation sites (N-methyl/N-ethyl adjacent to an activating group) is 1. The average molecular weight is 566 g/mol. The number of benzene rings is 2. The van der Waals surface area contributed by atoms with Crippen molar-refractivity contribution in [2.24, 2.45) is 16.5 Å². The summed E-state index contributed by atoms with van der Waals surface area (Å²) in [6.07, 6.45) is 2.58. The Balaban J connectivity index is 1.51. The lowest BCUT2D eigenvalue weighted by molar-refractivity contribution is -0.134. The molecule has 2 amide bonds. The fourth-order valence-electron chi connectivity index (χ4n) is 5.01. The first-order chi connectivity index (χ1) is 19.3. The zero-order valence-electron chi connectivity index (χ0n) is 22.4. The van der Waals surface area contributed by atoms with Gasteiger partial charge in [0.25, 0.3) is 0 Å². The van der Waals surface area contributed by atoms with E-state index in [9.17, 15) is 19.5 Å². The maximum atomic E-state index is 13.8. The largest absolute Gasteiger partial charge is 0.508 e. The molecule has 0 spiro atoms. The van der Waals surface area contributed by atoms with Gasteiger partial charge in [-0.05, 0) is 69.5 Å². The van der Waals surface area contributed by atoms with Crippen LogP contribution in [0.5, 0.6) is 5.75 Å². The van der Waals surface area contributed by atoms with Gasteiger partial charge >= 0.3 is 0 Å². The third kappa shape index (κ3) is 7.20. The van der Waals surface area contributed by atoms with Crippen LogP contribution in [0.1, 0.15) is 41.0 Å². The lowest BCUT2D eigenvalue weighted by Crippen LogP contribution is -2.54. The van der Waals surface area contributed by atoms with Gasteiger partial charge in [-0.1, -0.05) is 30.3 Å². The Hall–Kier alpha value is -3.87. The summed E-state index contributed by atoms with van der Waals surface area (Å²) in [5, 5.41) is 15.7. The third-order valence-electron chi connectivity index (χ3n) is 7.01. The van der Waals surface area contributed by atoms with Crippen LogP contribution in [0.15, 0.2) is 53.5 Å². The number of fused-ring (bicyclic) bond motifs is 1. The normalized spacial score (nSPS) is 16.9. The van der Waals surface area contributed by atoms with Crippen molar-refractivity contribution in [2.75, 3.05) is 20.1 Å². The van der Waals surface area contributed by atoms with Crippen molar-refractivity contribution in [1.29, 1.82) is 0 Å². The molecule has 0 saturated carbocycles. The summed E-state index contributed by atoms with van der Waals surface area (Å²) in [6, 6.07) is 12.5. The Morgan fingerprint density at radius 3 is 2.70 bits per heavy atom. The quantitative estimate of drug-likeness (QED) is 0.0944. The molecule has 40 heavy (non-hydrogen) atoms. The number of rotatable bonds is 12. The Labute approximate surface area is 236 Å². The summed E-state index contributed by atoms with van der Waals surface area (Å²) in [5.74, 6) is -0.983. The first-order valence-electron chi connectivity index (χ1n) is 13.3. The van der Waals surface area contributed by atoms with E-state index in [2.05, 4.69) is 20.6 Å². The molecule has 0 radical (unpaired) electrons. The van der Waals surface area contributed by atoms with Gasteiger partial charge in [0.15, 0.2) is 11.0 Å². The van der Waals surface area contributed by atoms with E-state index in [1.54, 1.807) is 19.2 Å². The van der Waals surface area contributed by atoms with E-state index in [0.717, 1.165) is 5.56 Å². The lowest BCUT2D eigenvalue weighted by Gasteiger charge is -2.31. The van der Waals surface area contributed by atoms with Gasteiger partial charge in [-0.2, -0.15) is 0 Å². The van der Waals surface area contributed by atoms with Crippen LogP contribution in [0.4, 0.5) is 0 Å². The van der Waals surface area contributed by atoms with Crippen LogP contribution in [-0.4, -0.2) is 76.8 Å². The van der Waals surface area contributed by atoms with Crippen LogP contribution in [0.3, 0.4) is 0 Å². The number of hydrogen-bond acceptors (Lipinski definition) is 9. The molecule has 212 valence electrons. The predicted octanol–water partition coefficient (Wildman–Crippen LogP) is 1.54. The predicted molar refractivity (Wildman–Crippen MR) is 155 cm³/mol. The number of ketones is 1. The van der Waals surface area contributed by atoms with Crippen LogP contribution in [0, 0.1) is 0 Å². The summed E-state index contributed by atoms with van der Waals surface area (Å²) >= 11 is 1.20. The maximum absolute atomic E-state index is 13.8. The van der Waals surface area contributed by atoms with Gasteiger partial charge in [-0.25, -0.2) is 4.98 Å². The van der Waals surface area contributed by atoms with Crippen LogP contribution in [-0.2, 0) is 16.0 Å². The topological polar surface area (TPSA) is 176 Å². The number of aromatic nitrogens is 1. The van der Waals surface area contributed by atoms with E-state index in [4.69, 9.17) is 11.5 Å². The van der Waals surface area contributed by atoms with E-state index >= 15 is 0 Å². The number of hydrogen-bond donors (Lipinski definition) is 5. The van der Waals surface area contributed by atoms with Crippen molar-refractivity contribution in [3.05, 3.63) is 59.1 Å². The molecule has 1 aliphatic heterocycles. The Morgan fingerprint density at radius 2 is 1.98 bits per heavy atom. The minimum absolute atomic E-state index is 0.0274. The number of aliphatic imine (C=N–C) groups is 1. The number of nitrogens with zero attached hydrogens (tertiary/aromatic N) is 3. The zero-order valence-corrected chi connectivity index (χ0v) is 23.2. The highest BCUT2D eigenvalue weighted by Crippen LogP contribution is 2.30. The van der Waals surface area contributed by atoms with Gasteiger partial charge in [0.2, 0.25) is 17.6 Å². The number of Topliss-reactive ketones (excluding diaryl/α,β-unsaturated/α-hetero) is 1. The number of thiazole rings is 1. The fraction of sp³-hybridized carbons (Fsp3) is 0.393. The molecule has 1 aromatic heterocycles. The Bertz CT molecular complexity index is 1370. The van der Waals surface area contributed by atoms with Crippen molar-refractivity contribution in [2.45, 2.75) is 50.2 Å². The lowest BCUT2D eigenvalue weighted by atomic mass is 10.0. The average Bonchev–Trinajstić information content (AvgIpc) is 3.59.